The maximum atomic E-state index is 14.2. The maximum absolute atomic E-state index is 14.2. The Kier molecular flexibility index (Phi) is 5.79. The van der Waals surface area contributed by atoms with Crippen molar-refractivity contribution in [2.45, 2.75) is 33.7 Å². The topological polar surface area (TPSA) is 45.5 Å². The summed E-state index contributed by atoms with van der Waals surface area (Å²) >= 11 is 0. The molecule has 0 bridgehead atoms. The van der Waals surface area contributed by atoms with Crippen LogP contribution in [0, 0.1) is 5.82 Å². The zero-order chi connectivity index (χ0) is 16.8. The fraction of sp³-hybridized carbons (Fsp3) is 0.389. The molecule has 0 atom stereocenters. The van der Waals surface area contributed by atoms with Crippen LogP contribution >= 0.6 is 0 Å². The van der Waals surface area contributed by atoms with E-state index in [0.29, 0.717) is 11.3 Å². The van der Waals surface area contributed by atoms with Crippen molar-refractivity contribution in [2.75, 3.05) is 18.0 Å². The molecule has 0 unspecified atom stereocenters. The smallest absolute Gasteiger partial charge is 0.287 e. The van der Waals surface area contributed by atoms with Crippen molar-refractivity contribution < 1.29 is 13.6 Å². The monoisotopic (exact) mass is 318 g/mol. The number of anilines is 1. The van der Waals surface area contributed by atoms with Crippen LogP contribution in [0.3, 0.4) is 0 Å². The minimum atomic E-state index is -0.294. The van der Waals surface area contributed by atoms with E-state index in [0.717, 1.165) is 25.3 Å². The molecule has 0 radical (unpaired) electrons. The van der Waals surface area contributed by atoms with Gasteiger partial charge >= 0.3 is 0 Å². The minimum Gasteiger partial charge on any atom is -0.456 e. The zero-order valence-electron chi connectivity index (χ0n) is 13.9. The van der Waals surface area contributed by atoms with Gasteiger partial charge in [-0.3, -0.25) is 4.79 Å². The molecule has 124 valence electrons. The molecule has 1 amide bonds. The lowest BCUT2D eigenvalue weighted by Gasteiger charge is -2.21. The molecule has 0 spiro atoms. The van der Waals surface area contributed by atoms with Gasteiger partial charge < -0.3 is 14.6 Å². The number of amides is 1. The number of hydrogen-bond donors (Lipinski definition) is 1. The molecule has 0 saturated heterocycles. The summed E-state index contributed by atoms with van der Waals surface area (Å²) in [7, 11) is 0. The number of halogens is 1. The lowest BCUT2D eigenvalue weighted by Crippen LogP contribution is -2.24. The SMILES string of the molecule is CCc1ccc(C(=O)NCc2ccc(N(CC)CC)c(F)c2)o1. The summed E-state index contributed by atoms with van der Waals surface area (Å²) in [6, 6.07) is 8.49. The maximum Gasteiger partial charge on any atom is 0.287 e. The van der Waals surface area contributed by atoms with Crippen LogP contribution in [0.15, 0.2) is 34.7 Å². The molecule has 1 aromatic heterocycles. The lowest BCUT2D eigenvalue weighted by molar-refractivity contribution is 0.0921. The van der Waals surface area contributed by atoms with Crippen LogP contribution in [0.4, 0.5) is 10.1 Å². The van der Waals surface area contributed by atoms with E-state index in [9.17, 15) is 9.18 Å². The first kappa shape index (κ1) is 17.1. The Morgan fingerprint density at radius 2 is 1.91 bits per heavy atom. The van der Waals surface area contributed by atoms with Crippen LogP contribution in [-0.4, -0.2) is 19.0 Å². The van der Waals surface area contributed by atoms with Crippen molar-refractivity contribution in [3.63, 3.8) is 0 Å². The quantitative estimate of drug-likeness (QED) is 0.845. The Bertz CT molecular complexity index is 663. The van der Waals surface area contributed by atoms with E-state index in [2.05, 4.69) is 5.32 Å². The third-order valence-corrected chi connectivity index (χ3v) is 3.80. The van der Waals surface area contributed by atoms with Crippen LogP contribution in [0.2, 0.25) is 0 Å². The van der Waals surface area contributed by atoms with E-state index in [4.69, 9.17) is 4.42 Å². The highest BCUT2D eigenvalue weighted by Gasteiger charge is 2.12. The number of carbonyl (C=O) groups excluding carboxylic acids is 1. The number of nitrogens with one attached hydrogen (secondary N) is 1. The lowest BCUT2D eigenvalue weighted by atomic mass is 10.1. The highest BCUT2D eigenvalue weighted by molar-refractivity contribution is 5.91. The molecular weight excluding hydrogens is 295 g/mol. The molecule has 4 nitrogen and oxygen atoms in total. The molecule has 0 aliphatic rings. The van der Waals surface area contributed by atoms with Gasteiger partial charge in [0.25, 0.3) is 5.91 Å². The predicted molar refractivity (Wildman–Crippen MR) is 89.2 cm³/mol. The fourth-order valence-corrected chi connectivity index (χ4v) is 2.44. The largest absolute Gasteiger partial charge is 0.456 e. The number of furan rings is 1. The first-order valence-electron chi connectivity index (χ1n) is 7.99. The standard InChI is InChI=1S/C18H23FN2O2/c1-4-14-8-10-17(23-14)18(22)20-12-13-7-9-16(15(19)11-13)21(5-2)6-3/h7-11H,4-6,12H2,1-3H3,(H,20,22). The van der Waals surface area contributed by atoms with Gasteiger partial charge in [-0.05, 0) is 43.7 Å². The summed E-state index contributed by atoms with van der Waals surface area (Å²) in [6.45, 7) is 7.71. The average Bonchev–Trinajstić information content (AvgIpc) is 3.04. The molecule has 5 heteroatoms. The molecule has 0 fully saturated rings. The van der Waals surface area contributed by atoms with Crippen LogP contribution in [0.1, 0.15) is 42.6 Å². The molecule has 1 N–H and O–H groups in total. The Labute approximate surface area is 136 Å². The number of carbonyl (C=O) groups is 1. The van der Waals surface area contributed by atoms with Crippen molar-refractivity contribution in [1.82, 2.24) is 5.32 Å². The van der Waals surface area contributed by atoms with Crippen molar-refractivity contribution in [3.05, 3.63) is 53.2 Å². The van der Waals surface area contributed by atoms with Crippen LogP contribution in [0.25, 0.3) is 0 Å². The van der Waals surface area contributed by atoms with E-state index in [1.807, 2.05) is 31.7 Å². The van der Waals surface area contributed by atoms with Gasteiger partial charge in [-0.25, -0.2) is 4.39 Å². The minimum absolute atomic E-state index is 0.260. The number of aryl methyl sites for hydroxylation is 1. The van der Waals surface area contributed by atoms with Crippen molar-refractivity contribution in [2.24, 2.45) is 0 Å². The van der Waals surface area contributed by atoms with E-state index in [-0.39, 0.29) is 24.0 Å². The number of rotatable bonds is 7. The first-order valence-corrected chi connectivity index (χ1v) is 7.99. The second kappa shape index (κ2) is 7.81. The Morgan fingerprint density at radius 3 is 2.48 bits per heavy atom. The van der Waals surface area contributed by atoms with Crippen molar-refractivity contribution in [3.8, 4) is 0 Å². The molecule has 1 aromatic carbocycles. The van der Waals surface area contributed by atoms with Gasteiger partial charge in [-0.15, -0.1) is 0 Å². The van der Waals surface area contributed by atoms with Gasteiger partial charge in [0, 0.05) is 26.1 Å². The third kappa shape index (κ3) is 4.12. The highest BCUT2D eigenvalue weighted by Crippen LogP contribution is 2.20. The zero-order valence-corrected chi connectivity index (χ0v) is 13.9. The second-order valence-electron chi connectivity index (χ2n) is 5.26. The number of hydrogen-bond acceptors (Lipinski definition) is 3. The molecule has 23 heavy (non-hydrogen) atoms. The van der Waals surface area contributed by atoms with Crippen LogP contribution in [0.5, 0.6) is 0 Å². The van der Waals surface area contributed by atoms with Gasteiger partial charge in [-0.1, -0.05) is 13.0 Å². The van der Waals surface area contributed by atoms with E-state index >= 15 is 0 Å². The molecule has 1 heterocycles. The summed E-state index contributed by atoms with van der Waals surface area (Å²) in [5.74, 6) is 0.483. The van der Waals surface area contributed by atoms with Gasteiger partial charge in [0.15, 0.2) is 5.76 Å². The summed E-state index contributed by atoms with van der Waals surface area (Å²) in [6.07, 6.45) is 0.741. The first-order chi connectivity index (χ1) is 11.1. The van der Waals surface area contributed by atoms with Crippen molar-refractivity contribution >= 4 is 11.6 Å². The summed E-state index contributed by atoms with van der Waals surface area (Å²) in [4.78, 5) is 13.9. The Balaban J connectivity index is 2.00. The Morgan fingerprint density at radius 1 is 1.17 bits per heavy atom. The highest BCUT2D eigenvalue weighted by atomic mass is 19.1. The molecule has 0 aliphatic heterocycles. The molecule has 2 aromatic rings. The van der Waals surface area contributed by atoms with E-state index in [1.165, 1.54) is 6.07 Å². The molecule has 0 saturated carbocycles. The van der Waals surface area contributed by atoms with Gasteiger partial charge in [-0.2, -0.15) is 0 Å². The second-order valence-corrected chi connectivity index (χ2v) is 5.26. The molecular formula is C18H23FN2O2. The summed E-state index contributed by atoms with van der Waals surface area (Å²) in [5, 5.41) is 2.74. The van der Waals surface area contributed by atoms with Crippen molar-refractivity contribution in [1.29, 1.82) is 0 Å². The van der Waals surface area contributed by atoms with Crippen LogP contribution in [-0.2, 0) is 13.0 Å². The normalized spacial score (nSPS) is 10.6. The van der Waals surface area contributed by atoms with Gasteiger partial charge in [0.1, 0.15) is 11.6 Å². The summed E-state index contributed by atoms with van der Waals surface area (Å²) in [5.41, 5.74) is 1.30. The number of benzene rings is 1. The molecule has 2 rings (SSSR count). The summed E-state index contributed by atoms with van der Waals surface area (Å²) < 4.78 is 19.6. The van der Waals surface area contributed by atoms with Gasteiger partial charge in [0.2, 0.25) is 0 Å². The number of nitrogens with zero attached hydrogens (tertiary/aromatic N) is 1. The van der Waals surface area contributed by atoms with Crippen LogP contribution < -0.4 is 10.2 Å². The fourth-order valence-electron chi connectivity index (χ4n) is 2.44. The predicted octanol–water partition coefficient (Wildman–Crippen LogP) is 3.76. The van der Waals surface area contributed by atoms with Gasteiger partial charge in [0.05, 0.1) is 5.69 Å². The third-order valence-electron chi connectivity index (χ3n) is 3.80. The molecule has 0 aliphatic carbocycles. The van der Waals surface area contributed by atoms with E-state index < -0.39 is 0 Å². The van der Waals surface area contributed by atoms with E-state index in [1.54, 1.807) is 18.2 Å². The Hall–Kier alpha value is -2.30. The average molecular weight is 318 g/mol.